The number of hydrogen-bond donors (Lipinski definition) is 3. The number of hydrogen-bond acceptors (Lipinski definition) is 3. The molecular formula is C12H18N2O4. The molecule has 1 atom stereocenters. The number of aryl methyl sites for hydroxylation is 1. The fourth-order valence-corrected chi connectivity index (χ4v) is 1.50. The van der Waals surface area contributed by atoms with E-state index in [9.17, 15) is 9.59 Å². The number of carboxylic acids is 1. The number of nitrogens with one attached hydrogen (secondary N) is 2. The molecule has 0 spiro atoms. The van der Waals surface area contributed by atoms with Crippen LogP contribution in [-0.4, -0.2) is 23.1 Å². The van der Waals surface area contributed by atoms with Gasteiger partial charge in [0, 0.05) is 0 Å². The molecule has 0 saturated carbocycles. The van der Waals surface area contributed by atoms with E-state index < -0.39 is 18.0 Å². The minimum Gasteiger partial charge on any atom is -0.480 e. The van der Waals surface area contributed by atoms with E-state index in [4.69, 9.17) is 9.52 Å². The van der Waals surface area contributed by atoms with E-state index in [1.54, 1.807) is 12.1 Å². The van der Waals surface area contributed by atoms with Gasteiger partial charge in [-0.05, 0) is 25.5 Å². The van der Waals surface area contributed by atoms with Crippen molar-refractivity contribution in [1.82, 2.24) is 10.6 Å². The summed E-state index contributed by atoms with van der Waals surface area (Å²) in [7, 11) is 0. The molecule has 0 radical (unpaired) electrons. The van der Waals surface area contributed by atoms with Crippen molar-refractivity contribution in [3.05, 3.63) is 23.7 Å². The summed E-state index contributed by atoms with van der Waals surface area (Å²) in [6.07, 6.45) is 1.09. The van der Waals surface area contributed by atoms with Gasteiger partial charge in [0.2, 0.25) is 0 Å². The molecule has 100 valence electrons. The second kappa shape index (κ2) is 6.68. The van der Waals surface area contributed by atoms with Crippen LogP contribution in [0.3, 0.4) is 0 Å². The van der Waals surface area contributed by atoms with E-state index in [1.165, 1.54) is 0 Å². The number of amides is 2. The van der Waals surface area contributed by atoms with Crippen LogP contribution in [0.1, 0.15) is 31.3 Å². The fraction of sp³-hybridized carbons (Fsp3) is 0.500. The average molecular weight is 254 g/mol. The molecule has 0 bridgehead atoms. The zero-order valence-corrected chi connectivity index (χ0v) is 10.5. The molecule has 2 amide bonds. The summed E-state index contributed by atoms with van der Waals surface area (Å²) in [4.78, 5) is 22.3. The summed E-state index contributed by atoms with van der Waals surface area (Å²) in [5.74, 6) is 0.368. The van der Waals surface area contributed by atoms with E-state index in [2.05, 4.69) is 10.6 Å². The Balaban J connectivity index is 2.38. The van der Waals surface area contributed by atoms with Gasteiger partial charge in [-0.1, -0.05) is 13.3 Å². The zero-order valence-electron chi connectivity index (χ0n) is 10.5. The van der Waals surface area contributed by atoms with Gasteiger partial charge in [-0.25, -0.2) is 9.59 Å². The van der Waals surface area contributed by atoms with Gasteiger partial charge in [0.05, 0.1) is 6.54 Å². The van der Waals surface area contributed by atoms with Crippen molar-refractivity contribution in [2.45, 2.75) is 39.3 Å². The van der Waals surface area contributed by atoms with Crippen LogP contribution in [0.15, 0.2) is 16.5 Å². The Bertz CT molecular complexity index is 414. The molecule has 0 aliphatic heterocycles. The van der Waals surface area contributed by atoms with Gasteiger partial charge in [0.1, 0.15) is 17.6 Å². The third kappa shape index (κ3) is 4.48. The van der Waals surface area contributed by atoms with Crippen molar-refractivity contribution in [2.75, 3.05) is 0 Å². The van der Waals surface area contributed by atoms with E-state index in [0.29, 0.717) is 18.6 Å². The number of carboxylic acid groups (broad SMARTS) is 1. The topological polar surface area (TPSA) is 91.6 Å². The van der Waals surface area contributed by atoms with Gasteiger partial charge in [-0.15, -0.1) is 0 Å². The van der Waals surface area contributed by atoms with Crippen molar-refractivity contribution in [1.29, 1.82) is 0 Å². The second-order valence-electron chi connectivity index (χ2n) is 4.02. The zero-order chi connectivity index (χ0) is 13.5. The molecule has 3 N–H and O–H groups in total. The van der Waals surface area contributed by atoms with E-state index >= 15 is 0 Å². The number of aliphatic carboxylic acids is 1. The van der Waals surface area contributed by atoms with Gasteiger partial charge < -0.3 is 20.2 Å². The Hall–Kier alpha value is -1.98. The predicted octanol–water partition coefficient (Wildman–Crippen LogP) is 1.64. The molecule has 0 aliphatic carbocycles. The highest BCUT2D eigenvalue weighted by Gasteiger charge is 2.18. The summed E-state index contributed by atoms with van der Waals surface area (Å²) in [5, 5.41) is 13.8. The lowest BCUT2D eigenvalue weighted by atomic mass is 10.2. The first-order valence-electron chi connectivity index (χ1n) is 5.85. The van der Waals surface area contributed by atoms with Crippen LogP contribution >= 0.6 is 0 Å². The molecule has 1 unspecified atom stereocenters. The van der Waals surface area contributed by atoms with Crippen LogP contribution in [-0.2, 0) is 11.3 Å². The third-order valence-corrected chi connectivity index (χ3v) is 2.40. The summed E-state index contributed by atoms with van der Waals surface area (Å²) < 4.78 is 5.28. The molecule has 0 fully saturated rings. The Morgan fingerprint density at radius 1 is 1.44 bits per heavy atom. The molecule has 6 heteroatoms. The van der Waals surface area contributed by atoms with Crippen LogP contribution < -0.4 is 10.6 Å². The molecule has 0 aliphatic rings. The Morgan fingerprint density at radius 3 is 2.67 bits per heavy atom. The predicted molar refractivity (Wildman–Crippen MR) is 65.1 cm³/mol. The number of furan rings is 1. The fourth-order valence-electron chi connectivity index (χ4n) is 1.50. The maximum Gasteiger partial charge on any atom is 0.326 e. The number of rotatable bonds is 6. The summed E-state index contributed by atoms with van der Waals surface area (Å²) in [5.41, 5.74) is 0. The van der Waals surface area contributed by atoms with Crippen LogP contribution in [0.5, 0.6) is 0 Å². The van der Waals surface area contributed by atoms with E-state index in [-0.39, 0.29) is 6.54 Å². The number of carbonyl (C=O) groups is 2. The van der Waals surface area contributed by atoms with Gasteiger partial charge in [0.15, 0.2) is 0 Å². The summed E-state index contributed by atoms with van der Waals surface area (Å²) >= 11 is 0. The maximum atomic E-state index is 11.5. The lowest BCUT2D eigenvalue weighted by Crippen LogP contribution is -2.45. The normalized spacial score (nSPS) is 11.9. The average Bonchev–Trinajstić information content (AvgIpc) is 2.72. The Kier molecular flexibility index (Phi) is 5.23. The smallest absolute Gasteiger partial charge is 0.326 e. The first-order valence-corrected chi connectivity index (χ1v) is 5.85. The first-order chi connectivity index (χ1) is 8.52. The summed E-state index contributed by atoms with van der Waals surface area (Å²) in [6, 6.07) is 2.20. The second-order valence-corrected chi connectivity index (χ2v) is 4.02. The van der Waals surface area contributed by atoms with Gasteiger partial charge >= 0.3 is 12.0 Å². The molecule has 1 rings (SSSR count). The standard InChI is InChI=1S/C12H18N2O4/c1-3-4-10(11(15)16)14-12(17)13-7-9-6-5-8(2)18-9/h5-6,10H,3-4,7H2,1-2H3,(H,15,16)(H2,13,14,17). The highest BCUT2D eigenvalue weighted by Crippen LogP contribution is 2.05. The lowest BCUT2D eigenvalue weighted by Gasteiger charge is -2.13. The maximum absolute atomic E-state index is 11.5. The molecule has 1 heterocycles. The monoisotopic (exact) mass is 254 g/mol. The quantitative estimate of drug-likeness (QED) is 0.719. The summed E-state index contributed by atoms with van der Waals surface area (Å²) in [6.45, 7) is 3.91. The Morgan fingerprint density at radius 2 is 2.17 bits per heavy atom. The molecule has 0 aromatic carbocycles. The van der Waals surface area contributed by atoms with Crippen LogP contribution in [0.25, 0.3) is 0 Å². The van der Waals surface area contributed by atoms with Crippen LogP contribution in [0.2, 0.25) is 0 Å². The molecular weight excluding hydrogens is 236 g/mol. The largest absolute Gasteiger partial charge is 0.480 e. The third-order valence-electron chi connectivity index (χ3n) is 2.40. The van der Waals surface area contributed by atoms with E-state index in [1.807, 2.05) is 13.8 Å². The van der Waals surface area contributed by atoms with Crippen molar-refractivity contribution < 1.29 is 19.1 Å². The molecule has 18 heavy (non-hydrogen) atoms. The van der Waals surface area contributed by atoms with Gasteiger partial charge in [-0.2, -0.15) is 0 Å². The van der Waals surface area contributed by atoms with Crippen LogP contribution in [0.4, 0.5) is 4.79 Å². The van der Waals surface area contributed by atoms with E-state index in [0.717, 1.165) is 5.76 Å². The Labute approximate surface area is 105 Å². The van der Waals surface area contributed by atoms with Gasteiger partial charge in [-0.3, -0.25) is 0 Å². The minimum atomic E-state index is -1.03. The molecule has 6 nitrogen and oxygen atoms in total. The SMILES string of the molecule is CCCC(NC(=O)NCc1ccc(C)o1)C(=O)O. The van der Waals surface area contributed by atoms with Crippen molar-refractivity contribution in [3.63, 3.8) is 0 Å². The minimum absolute atomic E-state index is 0.234. The van der Waals surface area contributed by atoms with Crippen molar-refractivity contribution in [3.8, 4) is 0 Å². The molecule has 0 saturated heterocycles. The number of carbonyl (C=O) groups excluding carboxylic acids is 1. The van der Waals surface area contributed by atoms with Crippen LogP contribution in [0, 0.1) is 6.92 Å². The van der Waals surface area contributed by atoms with Crippen molar-refractivity contribution >= 4 is 12.0 Å². The highest BCUT2D eigenvalue weighted by atomic mass is 16.4. The highest BCUT2D eigenvalue weighted by molar-refractivity contribution is 5.82. The molecule has 1 aromatic heterocycles. The lowest BCUT2D eigenvalue weighted by molar-refractivity contribution is -0.139. The first kappa shape index (κ1) is 14.1. The van der Waals surface area contributed by atoms with Gasteiger partial charge in [0.25, 0.3) is 0 Å². The molecule has 1 aromatic rings. The van der Waals surface area contributed by atoms with Crippen molar-refractivity contribution in [2.24, 2.45) is 0 Å². The number of urea groups is 1.